The molecule has 0 atom stereocenters. The first-order valence-electron chi connectivity index (χ1n) is 6.52. The molecular formula is C14H19FN2O2. The fraction of sp³-hybridized carbons (Fsp3) is 0.500. The summed E-state index contributed by atoms with van der Waals surface area (Å²) in [6.45, 7) is 5.13. The normalized spacial score (nSPS) is 17.3. The average Bonchev–Trinajstić information content (AvgIpc) is 2.60. The molecule has 1 aliphatic rings. The highest BCUT2D eigenvalue weighted by Gasteiger charge is 2.18. The Morgan fingerprint density at radius 3 is 2.84 bits per heavy atom. The summed E-state index contributed by atoms with van der Waals surface area (Å²) < 4.78 is 13.3. The second-order valence-electron chi connectivity index (χ2n) is 4.88. The second-order valence-corrected chi connectivity index (χ2v) is 4.88. The van der Waals surface area contributed by atoms with Gasteiger partial charge in [-0.1, -0.05) is 12.1 Å². The minimum absolute atomic E-state index is 0.0930. The van der Waals surface area contributed by atoms with E-state index in [-0.39, 0.29) is 11.7 Å². The maximum absolute atomic E-state index is 13.3. The van der Waals surface area contributed by atoms with Gasteiger partial charge in [0.1, 0.15) is 0 Å². The van der Waals surface area contributed by atoms with Crippen LogP contribution >= 0.6 is 0 Å². The van der Waals surface area contributed by atoms with E-state index in [4.69, 9.17) is 0 Å². The van der Waals surface area contributed by atoms with E-state index in [1.165, 1.54) is 6.07 Å². The molecule has 0 spiro atoms. The zero-order valence-electron chi connectivity index (χ0n) is 11.1. The van der Waals surface area contributed by atoms with Gasteiger partial charge in [0, 0.05) is 45.2 Å². The maximum atomic E-state index is 13.3. The van der Waals surface area contributed by atoms with E-state index in [9.17, 15) is 14.3 Å². The molecule has 0 aromatic heterocycles. The second kappa shape index (κ2) is 6.02. The molecule has 1 N–H and O–H groups in total. The van der Waals surface area contributed by atoms with Crippen molar-refractivity contribution < 1.29 is 14.3 Å². The summed E-state index contributed by atoms with van der Waals surface area (Å²) in [6, 6.07) is 4.58. The van der Waals surface area contributed by atoms with Gasteiger partial charge in [-0.2, -0.15) is 0 Å². The number of amides is 1. The Hall–Kier alpha value is -1.62. The van der Waals surface area contributed by atoms with Crippen LogP contribution in [-0.2, 0) is 11.3 Å². The van der Waals surface area contributed by atoms with Gasteiger partial charge >= 0.3 is 0 Å². The molecule has 1 amide bonds. The molecule has 19 heavy (non-hydrogen) atoms. The molecule has 2 rings (SSSR count). The molecule has 0 unspecified atom stereocenters. The van der Waals surface area contributed by atoms with E-state index >= 15 is 0 Å². The number of hydrogen-bond donors (Lipinski definition) is 1. The van der Waals surface area contributed by atoms with Crippen LogP contribution in [0.2, 0.25) is 0 Å². The van der Waals surface area contributed by atoms with Crippen LogP contribution in [0.4, 0.5) is 4.39 Å². The number of aromatic hydroxyl groups is 1. The molecule has 1 fully saturated rings. The van der Waals surface area contributed by atoms with Gasteiger partial charge in [-0.3, -0.25) is 9.69 Å². The molecule has 4 nitrogen and oxygen atoms in total. The van der Waals surface area contributed by atoms with E-state index in [0.29, 0.717) is 18.7 Å². The highest BCUT2D eigenvalue weighted by Crippen LogP contribution is 2.22. The van der Waals surface area contributed by atoms with Crippen LogP contribution in [0.1, 0.15) is 18.9 Å². The number of benzene rings is 1. The van der Waals surface area contributed by atoms with Crippen molar-refractivity contribution in [2.45, 2.75) is 19.9 Å². The quantitative estimate of drug-likeness (QED) is 0.884. The smallest absolute Gasteiger partial charge is 0.219 e. The predicted molar refractivity (Wildman–Crippen MR) is 70.2 cm³/mol. The summed E-state index contributed by atoms with van der Waals surface area (Å²) in [5, 5.41) is 9.67. The molecule has 1 saturated heterocycles. The zero-order valence-corrected chi connectivity index (χ0v) is 11.1. The van der Waals surface area contributed by atoms with Crippen molar-refractivity contribution in [2.75, 3.05) is 26.2 Å². The number of phenols is 1. The summed E-state index contributed by atoms with van der Waals surface area (Å²) in [4.78, 5) is 15.3. The molecule has 1 heterocycles. The SMILES string of the molecule is CC(=O)N1CCCN(Cc2cccc(F)c2O)CC1. The fourth-order valence-electron chi connectivity index (χ4n) is 2.37. The van der Waals surface area contributed by atoms with Crippen molar-refractivity contribution in [2.24, 2.45) is 0 Å². The van der Waals surface area contributed by atoms with Crippen molar-refractivity contribution in [1.29, 1.82) is 0 Å². The van der Waals surface area contributed by atoms with Crippen LogP contribution < -0.4 is 0 Å². The van der Waals surface area contributed by atoms with E-state index in [2.05, 4.69) is 4.90 Å². The fourth-order valence-corrected chi connectivity index (χ4v) is 2.37. The lowest BCUT2D eigenvalue weighted by molar-refractivity contribution is -0.128. The molecule has 0 saturated carbocycles. The summed E-state index contributed by atoms with van der Waals surface area (Å²) in [7, 11) is 0. The number of rotatable bonds is 2. The largest absolute Gasteiger partial charge is 0.505 e. The third-order valence-electron chi connectivity index (χ3n) is 3.50. The van der Waals surface area contributed by atoms with Crippen molar-refractivity contribution in [1.82, 2.24) is 9.80 Å². The van der Waals surface area contributed by atoms with Gasteiger partial charge in [-0.25, -0.2) is 4.39 Å². The molecule has 0 bridgehead atoms. The number of carbonyl (C=O) groups is 1. The Kier molecular flexibility index (Phi) is 4.37. The van der Waals surface area contributed by atoms with Gasteiger partial charge in [-0.15, -0.1) is 0 Å². The molecular weight excluding hydrogens is 247 g/mol. The minimum atomic E-state index is -0.585. The molecule has 5 heteroatoms. The number of nitrogens with zero attached hydrogens (tertiary/aromatic N) is 2. The van der Waals surface area contributed by atoms with E-state index in [0.717, 1.165) is 26.1 Å². The van der Waals surface area contributed by atoms with Gasteiger partial charge < -0.3 is 10.0 Å². The molecule has 0 aliphatic carbocycles. The lowest BCUT2D eigenvalue weighted by atomic mass is 10.1. The van der Waals surface area contributed by atoms with Crippen LogP contribution in [0.5, 0.6) is 5.75 Å². The topological polar surface area (TPSA) is 43.8 Å². The molecule has 1 aliphatic heterocycles. The summed E-state index contributed by atoms with van der Waals surface area (Å²) in [6.07, 6.45) is 0.898. The molecule has 104 valence electrons. The number of hydrogen-bond acceptors (Lipinski definition) is 3. The van der Waals surface area contributed by atoms with E-state index < -0.39 is 5.82 Å². The maximum Gasteiger partial charge on any atom is 0.219 e. The Balaban J connectivity index is 2.00. The van der Waals surface area contributed by atoms with Gasteiger partial charge in [-0.05, 0) is 12.5 Å². The number of carbonyl (C=O) groups excluding carboxylic acids is 1. The first-order chi connectivity index (χ1) is 9.08. The van der Waals surface area contributed by atoms with Crippen molar-refractivity contribution in [3.63, 3.8) is 0 Å². The van der Waals surface area contributed by atoms with Crippen LogP contribution in [-0.4, -0.2) is 47.0 Å². The highest BCUT2D eigenvalue weighted by molar-refractivity contribution is 5.73. The standard InChI is InChI=1S/C14H19FN2O2/c1-11(18)17-7-3-6-16(8-9-17)10-12-4-2-5-13(15)14(12)19/h2,4-5,19H,3,6-10H2,1H3. The monoisotopic (exact) mass is 266 g/mol. The van der Waals surface area contributed by atoms with Crippen molar-refractivity contribution >= 4 is 5.91 Å². The first-order valence-corrected chi connectivity index (χ1v) is 6.52. The lowest BCUT2D eigenvalue weighted by Gasteiger charge is -2.21. The third-order valence-corrected chi connectivity index (χ3v) is 3.50. The van der Waals surface area contributed by atoms with Gasteiger partial charge in [0.25, 0.3) is 0 Å². The van der Waals surface area contributed by atoms with Crippen molar-refractivity contribution in [3.05, 3.63) is 29.6 Å². The van der Waals surface area contributed by atoms with Gasteiger partial charge in [0.15, 0.2) is 11.6 Å². The summed E-state index contributed by atoms with van der Waals surface area (Å²) in [5.74, 6) is -0.761. The number of halogens is 1. The Bertz CT molecular complexity index is 465. The minimum Gasteiger partial charge on any atom is -0.505 e. The van der Waals surface area contributed by atoms with Crippen LogP contribution in [0.25, 0.3) is 0 Å². The van der Waals surface area contributed by atoms with Crippen LogP contribution in [0, 0.1) is 5.82 Å². The molecule has 1 aromatic rings. The zero-order chi connectivity index (χ0) is 13.8. The lowest BCUT2D eigenvalue weighted by Crippen LogP contribution is -2.33. The van der Waals surface area contributed by atoms with Crippen LogP contribution in [0.15, 0.2) is 18.2 Å². The third kappa shape index (κ3) is 3.44. The Labute approximate surface area is 112 Å². The number of para-hydroxylation sites is 1. The molecule has 1 aromatic carbocycles. The van der Waals surface area contributed by atoms with E-state index in [1.807, 2.05) is 4.90 Å². The Morgan fingerprint density at radius 1 is 1.32 bits per heavy atom. The van der Waals surface area contributed by atoms with Gasteiger partial charge in [0.05, 0.1) is 0 Å². The van der Waals surface area contributed by atoms with Crippen molar-refractivity contribution in [3.8, 4) is 5.75 Å². The molecule has 0 radical (unpaired) electrons. The van der Waals surface area contributed by atoms with Gasteiger partial charge in [0.2, 0.25) is 5.91 Å². The average molecular weight is 266 g/mol. The van der Waals surface area contributed by atoms with E-state index in [1.54, 1.807) is 19.1 Å². The highest BCUT2D eigenvalue weighted by atomic mass is 19.1. The summed E-state index contributed by atoms with van der Waals surface area (Å²) in [5.41, 5.74) is 0.594. The van der Waals surface area contributed by atoms with Crippen LogP contribution in [0.3, 0.4) is 0 Å². The first kappa shape index (κ1) is 13.8. The Morgan fingerprint density at radius 2 is 2.11 bits per heavy atom. The predicted octanol–water partition coefficient (Wildman–Crippen LogP) is 1.59. The number of phenolic OH excluding ortho intramolecular Hbond substituents is 1. The summed E-state index contributed by atoms with van der Waals surface area (Å²) >= 11 is 0.